The van der Waals surface area contributed by atoms with Gasteiger partial charge in [0.2, 0.25) is 0 Å². The molecule has 0 N–H and O–H groups in total. The highest BCUT2D eigenvalue weighted by atomic mass is 35.5. The van der Waals surface area contributed by atoms with Gasteiger partial charge in [-0.2, -0.15) is 0 Å². The van der Waals surface area contributed by atoms with E-state index < -0.39 is 0 Å². The molecule has 20 heavy (non-hydrogen) atoms. The van der Waals surface area contributed by atoms with Crippen molar-refractivity contribution in [2.24, 2.45) is 0 Å². The number of carbonyl (C=O) groups excluding carboxylic acids is 1. The number of ether oxygens (including phenoxy) is 2. The number of hydrogen-bond donors (Lipinski definition) is 0. The van der Waals surface area contributed by atoms with Crippen LogP contribution in [0.25, 0.3) is 0 Å². The van der Waals surface area contributed by atoms with Crippen LogP contribution in [0.1, 0.15) is 15.9 Å². The maximum atomic E-state index is 11.9. The minimum atomic E-state index is -0.0605. The number of methoxy groups -OCH3 is 1. The summed E-state index contributed by atoms with van der Waals surface area (Å²) < 4.78 is 10.5. The molecule has 0 radical (unpaired) electrons. The molecule has 0 aliphatic rings. The van der Waals surface area contributed by atoms with Gasteiger partial charge < -0.3 is 9.47 Å². The fourth-order valence-corrected chi connectivity index (χ4v) is 1.96. The molecule has 2 rings (SSSR count). The zero-order valence-electron chi connectivity index (χ0n) is 11.1. The molecule has 0 spiro atoms. The average Bonchev–Trinajstić information content (AvgIpc) is 2.47. The summed E-state index contributed by atoms with van der Waals surface area (Å²) >= 11 is 5.88. The SMILES string of the molecule is COc1ccc(C(=O)COCc2cccc(Cl)c2)cc1. The van der Waals surface area contributed by atoms with Crippen molar-refractivity contribution in [3.8, 4) is 5.75 Å². The third-order valence-electron chi connectivity index (χ3n) is 2.80. The summed E-state index contributed by atoms with van der Waals surface area (Å²) in [6.45, 7) is 0.404. The first kappa shape index (κ1) is 14.6. The Morgan fingerprint density at radius 1 is 1.15 bits per heavy atom. The van der Waals surface area contributed by atoms with E-state index in [2.05, 4.69) is 0 Å². The second-order valence-corrected chi connectivity index (χ2v) is 4.71. The van der Waals surface area contributed by atoms with E-state index in [1.165, 1.54) is 0 Å². The van der Waals surface area contributed by atoms with Crippen LogP contribution < -0.4 is 4.74 Å². The molecule has 0 bridgehead atoms. The Hall–Kier alpha value is -1.84. The minimum Gasteiger partial charge on any atom is -0.497 e. The highest BCUT2D eigenvalue weighted by Crippen LogP contribution is 2.13. The third-order valence-corrected chi connectivity index (χ3v) is 3.04. The molecule has 0 aliphatic carbocycles. The Balaban J connectivity index is 1.85. The van der Waals surface area contributed by atoms with Gasteiger partial charge in [0.05, 0.1) is 13.7 Å². The van der Waals surface area contributed by atoms with E-state index in [9.17, 15) is 4.79 Å². The summed E-state index contributed by atoms with van der Waals surface area (Å²) in [7, 11) is 1.59. The second kappa shape index (κ2) is 7.08. The maximum absolute atomic E-state index is 11.9. The molecule has 0 saturated carbocycles. The Labute approximate surface area is 123 Å². The molecule has 104 valence electrons. The highest BCUT2D eigenvalue weighted by Gasteiger charge is 2.06. The summed E-state index contributed by atoms with van der Waals surface area (Å²) in [6, 6.07) is 14.3. The number of halogens is 1. The van der Waals surface area contributed by atoms with Crippen LogP contribution >= 0.6 is 11.6 Å². The quantitative estimate of drug-likeness (QED) is 0.760. The van der Waals surface area contributed by atoms with E-state index in [4.69, 9.17) is 21.1 Å². The Kier molecular flexibility index (Phi) is 5.16. The smallest absolute Gasteiger partial charge is 0.188 e. The number of rotatable bonds is 6. The van der Waals surface area contributed by atoms with Gasteiger partial charge in [-0.3, -0.25) is 4.79 Å². The summed E-state index contributed by atoms with van der Waals surface area (Å²) in [5, 5.41) is 0.660. The molecule has 4 heteroatoms. The Bertz CT molecular complexity index is 579. The van der Waals surface area contributed by atoms with Crippen molar-refractivity contribution in [1.82, 2.24) is 0 Å². The van der Waals surface area contributed by atoms with E-state index in [0.717, 1.165) is 11.3 Å². The molecule has 2 aromatic carbocycles. The van der Waals surface area contributed by atoms with Crippen LogP contribution in [-0.2, 0) is 11.3 Å². The molecule has 2 aromatic rings. The summed E-state index contributed by atoms with van der Waals surface area (Å²) in [5.74, 6) is 0.663. The Morgan fingerprint density at radius 2 is 1.90 bits per heavy atom. The van der Waals surface area contributed by atoms with Gasteiger partial charge in [0.25, 0.3) is 0 Å². The minimum absolute atomic E-state index is 0.0405. The summed E-state index contributed by atoms with van der Waals surface area (Å²) in [5.41, 5.74) is 1.55. The fourth-order valence-electron chi connectivity index (χ4n) is 1.75. The van der Waals surface area contributed by atoms with Crippen molar-refractivity contribution in [3.05, 3.63) is 64.7 Å². The largest absolute Gasteiger partial charge is 0.497 e. The molecule has 0 saturated heterocycles. The van der Waals surface area contributed by atoms with Crippen LogP contribution in [0.3, 0.4) is 0 Å². The molecule has 0 fully saturated rings. The van der Waals surface area contributed by atoms with E-state index in [1.54, 1.807) is 37.4 Å². The molecular weight excluding hydrogens is 276 g/mol. The van der Waals surface area contributed by atoms with Crippen LogP contribution in [0.15, 0.2) is 48.5 Å². The predicted octanol–water partition coefficient (Wildman–Crippen LogP) is 3.75. The molecule has 0 amide bonds. The van der Waals surface area contributed by atoms with Crippen LogP contribution in [0.4, 0.5) is 0 Å². The number of ketones is 1. The van der Waals surface area contributed by atoms with E-state index in [-0.39, 0.29) is 12.4 Å². The van der Waals surface area contributed by atoms with Gasteiger partial charge in [0, 0.05) is 10.6 Å². The molecule has 0 unspecified atom stereocenters. The van der Waals surface area contributed by atoms with Crippen LogP contribution in [-0.4, -0.2) is 19.5 Å². The second-order valence-electron chi connectivity index (χ2n) is 4.27. The number of hydrogen-bond acceptors (Lipinski definition) is 3. The number of benzene rings is 2. The van der Waals surface area contributed by atoms with Crippen LogP contribution in [0, 0.1) is 0 Å². The van der Waals surface area contributed by atoms with E-state index >= 15 is 0 Å². The van der Waals surface area contributed by atoms with Crippen LogP contribution in [0.2, 0.25) is 5.02 Å². The first-order valence-electron chi connectivity index (χ1n) is 6.18. The lowest BCUT2D eigenvalue weighted by molar-refractivity contribution is 0.0726. The molecule has 3 nitrogen and oxygen atoms in total. The highest BCUT2D eigenvalue weighted by molar-refractivity contribution is 6.30. The predicted molar refractivity (Wildman–Crippen MR) is 78.4 cm³/mol. The normalized spacial score (nSPS) is 10.3. The van der Waals surface area contributed by atoms with Gasteiger partial charge >= 0.3 is 0 Å². The molecule has 0 atom stereocenters. The Morgan fingerprint density at radius 3 is 2.55 bits per heavy atom. The van der Waals surface area contributed by atoms with Gasteiger partial charge in [-0.25, -0.2) is 0 Å². The van der Waals surface area contributed by atoms with Crippen LogP contribution in [0.5, 0.6) is 5.75 Å². The van der Waals surface area contributed by atoms with Gasteiger partial charge in [0.15, 0.2) is 5.78 Å². The first-order chi connectivity index (χ1) is 9.69. The lowest BCUT2D eigenvalue weighted by Crippen LogP contribution is -2.09. The van der Waals surface area contributed by atoms with Crippen molar-refractivity contribution in [3.63, 3.8) is 0 Å². The lowest BCUT2D eigenvalue weighted by Gasteiger charge is -2.05. The monoisotopic (exact) mass is 290 g/mol. The zero-order chi connectivity index (χ0) is 14.4. The lowest BCUT2D eigenvalue weighted by atomic mass is 10.1. The zero-order valence-corrected chi connectivity index (χ0v) is 11.9. The van der Waals surface area contributed by atoms with Crippen molar-refractivity contribution in [2.45, 2.75) is 6.61 Å². The standard InChI is InChI=1S/C16H15ClO3/c1-19-15-7-5-13(6-8-15)16(18)11-20-10-12-3-2-4-14(17)9-12/h2-9H,10-11H2,1H3. The topological polar surface area (TPSA) is 35.5 Å². The average molecular weight is 291 g/mol. The van der Waals surface area contributed by atoms with Crippen molar-refractivity contribution >= 4 is 17.4 Å². The van der Waals surface area contributed by atoms with Crippen molar-refractivity contribution in [1.29, 1.82) is 0 Å². The number of Topliss-reactive ketones (excluding diaryl/α,β-unsaturated/α-hetero) is 1. The van der Waals surface area contributed by atoms with E-state index in [1.807, 2.05) is 18.2 Å². The van der Waals surface area contributed by atoms with E-state index in [0.29, 0.717) is 17.2 Å². The van der Waals surface area contributed by atoms with Gasteiger partial charge in [0.1, 0.15) is 12.4 Å². The van der Waals surface area contributed by atoms with Crippen molar-refractivity contribution in [2.75, 3.05) is 13.7 Å². The van der Waals surface area contributed by atoms with Gasteiger partial charge in [-0.1, -0.05) is 23.7 Å². The molecule has 0 heterocycles. The number of carbonyl (C=O) groups is 1. The maximum Gasteiger partial charge on any atom is 0.188 e. The first-order valence-corrected chi connectivity index (χ1v) is 6.56. The fraction of sp³-hybridized carbons (Fsp3) is 0.188. The van der Waals surface area contributed by atoms with Gasteiger partial charge in [-0.15, -0.1) is 0 Å². The molecule has 0 aliphatic heterocycles. The molecular formula is C16H15ClO3. The van der Waals surface area contributed by atoms with Gasteiger partial charge in [-0.05, 0) is 42.0 Å². The summed E-state index contributed by atoms with van der Waals surface area (Å²) in [6.07, 6.45) is 0. The van der Waals surface area contributed by atoms with Crippen molar-refractivity contribution < 1.29 is 14.3 Å². The molecule has 0 aromatic heterocycles. The summed E-state index contributed by atoms with van der Waals surface area (Å²) in [4.78, 5) is 11.9. The third kappa shape index (κ3) is 4.08.